The van der Waals surface area contributed by atoms with Crippen molar-refractivity contribution in [1.29, 1.82) is 0 Å². The van der Waals surface area contributed by atoms with E-state index in [0.29, 0.717) is 11.3 Å². The minimum atomic E-state index is -0.619. The maximum atomic E-state index is 13.5. The summed E-state index contributed by atoms with van der Waals surface area (Å²) in [5.41, 5.74) is 0.329. The first-order valence-electron chi connectivity index (χ1n) is 6.97. The number of carbonyl (C=O) groups excluding carboxylic acids is 2. The van der Waals surface area contributed by atoms with Crippen LogP contribution < -0.4 is 4.74 Å². The minimum absolute atomic E-state index is 0.0126. The van der Waals surface area contributed by atoms with Crippen LogP contribution >= 0.6 is 0 Å². The molecule has 0 bridgehead atoms. The number of hydrogen-bond donors (Lipinski definition) is 0. The molecular weight excluding hydrogens is 318 g/mol. The van der Waals surface area contributed by atoms with Gasteiger partial charge in [-0.25, -0.2) is 13.6 Å². The molecule has 0 radical (unpaired) electrons. The van der Waals surface area contributed by atoms with Crippen LogP contribution in [-0.2, 0) is 9.53 Å². The zero-order valence-electron chi connectivity index (χ0n) is 12.8. The van der Waals surface area contributed by atoms with Crippen LogP contribution in [0.4, 0.5) is 8.78 Å². The van der Waals surface area contributed by atoms with Crippen LogP contribution in [0.25, 0.3) is 6.08 Å². The number of ketones is 1. The van der Waals surface area contributed by atoms with Crippen molar-refractivity contribution in [2.45, 2.75) is 0 Å². The highest BCUT2D eigenvalue weighted by Crippen LogP contribution is 2.15. The maximum Gasteiger partial charge on any atom is 0.343 e. The number of hydrogen-bond acceptors (Lipinski definition) is 4. The van der Waals surface area contributed by atoms with E-state index in [1.165, 1.54) is 37.5 Å². The molecule has 0 aliphatic heterocycles. The van der Waals surface area contributed by atoms with E-state index >= 15 is 0 Å². The molecule has 0 unspecified atom stereocenters. The van der Waals surface area contributed by atoms with Crippen LogP contribution in [0, 0.1) is 11.6 Å². The number of halogens is 2. The van der Waals surface area contributed by atoms with Gasteiger partial charge in [0.1, 0.15) is 17.4 Å². The summed E-state index contributed by atoms with van der Waals surface area (Å²) in [5, 5.41) is 0. The Bertz CT molecular complexity index is 767. The molecule has 0 aromatic heterocycles. The molecule has 2 rings (SSSR count). The van der Waals surface area contributed by atoms with Gasteiger partial charge in [0.05, 0.1) is 7.11 Å². The molecule has 0 amide bonds. The fourth-order valence-corrected chi connectivity index (χ4v) is 1.82. The normalized spacial score (nSPS) is 10.6. The Morgan fingerprint density at radius 1 is 1.08 bits per heavy atom. The van der Waals surface area contributed by atoms with Gasteiger partial charge in [-0.05, 0) is 54.6 Å². The van der Waals surface area contributed by atoms with Crippen molar-refractivity contribution < 1.29 is 27.8 Å². The van der Waals surface area contributed by atoms with Crippen LogP contribution in [0.2, 0.25) is 0 Å². The van der Waals surface area contributed by atoms with Gasteiger partial charge < -0.3 is 9.47 Å². The zero-order valence-corrected chi connectivity index (χ0v) is 12.8. The van der Waals surface area contributed by atoms with Crippen molar-refractivity contribution >= 4 is 17.8 Å². The standard InChI is InChI=1S/C18H14F2O4/c1-23-18(22)11-24-15-6-2-12(3-7-15)17(21)9-4-13-10-14(19)5-8-16(13)20/h2-10H,11H2,1H3. The highest BCUT2D eigenvalue weighted by Gasteiger charge is 2.06. The molecule has 4 nitrogen and oxygen atoms in total. The fourth-order valence-electron chi connectivity index (χ4n) is 1.82. The first-order valence-corrected chi connectivity index (χ1v) is 6.97. The van der Waals surface area contributed by atoms with Gasteiger partial charge in [0.15, 0.2) is 12.4 Å². The van der Waals surface area contributed by atoms with Gasteiger partial charge >= 0.3 is 5.97 Å². The molecular formula is C18H14F2O4. The third-order valence-corrected chi connectivity index (χ3v) is 3.10. The topological polar surface area (TPSA) is 52.6 Å². The number of ether oxygens (including phenoxy) is 2. The Morgan fingerprint density at radius 2 is 1.79 bits per heavy atom. The summed E-state index contributed by atoms with van der Waals surface area (Å²) < 4.78 is 36.1. The molecule has 0 heterocycles. The van der Waals surface area contributed by atoms with Crippen molar-refractivity contribution in [3.05, 3.63) is 71.3 Å². The van der Waals surface area contributed by atoms with Gasteiger partial charge in [-0.15, -0.1) is 0 Å². The van der Waals surface area contributed by atoms with Crippen LogP contribution in [-0.4, -0.2) is 25.5 Å². The lowest BCUT2D eigenvalue weighted by atomic mass is 10.1. The molecule has 0 saturated heterocycles. The Morgan fingerprint density at radius 3 is 2.46 bits per heavy atom. The number of rotatable bonds is 6. The third-order valence-electron chi connectivity index (χ3n) is 3.10. The average Bonchev–Trinajstić information content (AvgIpc) is 2.60. The second-order valence-corrected chi connectivity index (χ2v) is 4.75. The Balaban J connectivity index is 2.03. The van der Waals surface area contributed by atoms with Crippen molar-refractivity contribution in [2.75, 3.05) is 13.7 Å². The molecule has 0 N–H and O–H groups in total. The minimum Gasteiger partial charge on any atom is -0.482 e. The summed E-state index contributed by atoms with van der Waals surface area (Å²) in [4.78, 5) is 23.0. The van der Waals surface area contributed by atoms with E-state index in [4.69, 9.17) is 4.74 Å². The van der Waals surface area contributed by atoms with Gasteiger partial charge in [-0.1, -0.05) is 0 Å². The lowest BCUT2D eigenvalue weighted by Crippen LogP contribution is -2.12. The number of benzene rings is 2. The quantitative estimate of drug-likeness (QED) is 0.462. The van der Waals surface area contributed by atoms with Crippen molar-refractivity contribution in [3.8, 4) is 5.75 Å². The lowest BCUT2D eigenvalue weighted by Gasteiger charge is -2.05. The SMILES string of the molecule is COC(=O)COc1ccc(C(=O)C=Cc2cc(F)ccc2F)cc1. The molecule has 0 aliphatic rings. The predicted molar refractivity (Wildman–Crippen MR) is 83.7 cm³/mol. The largest absolute Gasteiger partial charge is 0.482 e. The number of carbonyl (C=O) groups is 2. The number of esters is 1. The molecule has 2 aromatic carbocycles. The van der Waals surface area contributed by atoms with Gasteiger partial charge in [0.25, 0.3) is 0 Å². The summed E-state index contributed by atoms with van der Waals surface area (Å²) in [6.07, 6.45) is 2.37. The molecule has 2 aromatic rings. The Kier molecular flexibility index (Phi) is 5.78. The Hall–Kier alpha value is -3.02. The average molecular weight is 332 g/mol. The van der Waals surface area contributed by atoms with Crippen molar-refractivity contribution in [2.24, 2.45) is 0 Å². The van der Waals surface area contributed by atoms with Gasteiger partial charge in [-0.3, -0.25) is 4.79 Å². The molecule has 124 valence electrons. The van der Waals surface area contributed by atoms with Gasteiger partial charge in [0, 0.05) is 11.1 Å². The van der Waals surface area contributed by atoms with Crippen LogP contribution in [0.15, 0.2) is 48.5 Å². The first kappa shape index (κ1) is 17.3. The van der Waals surface area contributed by atoms with E-state index in [0.717, 1.165) is 24.3 Å². The molecule has 0 fully saturated rings. The highest BCUT2D eigenvalue weighted by molar-refractivity contribution is 6.06. The summed E-state index contributed by atoms with van der Waals surface area (Å²) >= 11 is 0. The number of allylic oxidation sites excluding steroid dienone is 1. The van der Waals surface area contributed by atoms with E-state index in [1.54, 1.807) is 0 Å². The highest BCUT2D eigenvalue weighted by atomic mass is 19.1. The lowest BCUT2D eigenvalue weighted by molar-refractivity contribution is -0.142. The first-order chi connectivity index (χ1) is 11.5. The predicted octanol–water partition coefficient (Wildman–Crippen LogP) is 3.41. The van der Waals surface area contributed by atoms with E-state index < -0.39 is 17.6 Å². The fraction of sp³-hybridized carbons (Fsp3) is 0.111. The second-order valence-electron chi connectivity index (χ2n) is 4.75. The maximum absolute atomic E-state index is 13.5. The molecule has 6 heteroatoms. The molecule has 0 spiro atoms. The molecule has 24 heavy (non-hydrogen) atoms. The van der Waals surface area contributed by atoms with Gasteiger partial charge in [-0.2, -0.15) is 0 Å². The van der Waals surface area contributed by atoms with E-state index in [1.807, 2.05) is 0 Å². The van der Waals surface area contributed by atoms with E-state index in [9.17, 15) is 18.4 Å². The monoisotopic (exact) mass is 332 g/mol. The third kappa shape index (κ3) is 4.74. The molecule has 0 aliphatic carbocycles. The zero-order chi connectivity index (χ0) is 17.5. The van der Waals surface area contributed by atoms with Crippen molar-refractivity contribution in [1.82, 2.24) is 0 Å². The number of methoxy groups -OCH3 is 1. The molecule has 0 atom stereocenters. The summed E-state index contributed by atoms with van der Waals surface area (Å²) in [6, 6.07) is 9.04. The van der Waals surface area contributed by atoms with E-state index in [2.05, 4.69) is 4.74 Å². The van der Waals surface area contributed by atoms with Crippen LogP contribution in [0.5, 0.6) is 5.75 Å². The van der Waals surface area contributed by atoms with Gasteiger partial charge in [0.2, 0.25) is 0 Å². The summed E-state index contributed by atoms with van der Waals surface area (Å²) in [7, 11) is 1.25. The van der Waals surface area contributed by atoms with Crippen molar-refractivity contribution in [3.63, 3.8) is 0 Å². The van der Waals surface area contributed by atoms with Crippen LogP contribution in [0.1, 0.15) is 15.9 Å². The Labute approximate surface area is 137 Å². The second kappa shape index (κ2) is 8.01. The summed E-state index contributed by atoms with van der Waals surface area (Å²) in [5.74, 6) is -1.70. The van der Waals surface area contributed by atoms with E-state index in [-0.39, 0.29) is 18.0 Å². The smallest absolute Gasteiger partial charge is 0.343 e. The van der Waals surface area contributed by atoms with Crippen LogP contribution in [0.3, 0.4) is 0 Å². The summed E-state index contributed by atoms with van der Waals surface area (Å²) in [6.45, 7) is -0.234. The molecule has 0 saturated carbocycles.